The van der Waals surface area contributed by atoms with Crippen molar-refractivity contribution in [3.63, 3.8) is 0 Å². The van der Waals surface area contributed by atoms with E-state index in [1.807, 2.05) is 18.2 Å². The number of fused-ring (bicyclic) bond motifs is 1. The van der Waals surface area contributed by atoms with Gasteiger partial charge in [-0.25, -0.2) is 4.79 Å². The van der Waals surface area contributed by atoms with E-state index in [4.69, 9.17) is 14.6 Å². The lowest BCUT2D eigenvalue weighted by atomic mass is 9.58. The van der Waals surface area contributed by atoms with E-state index < -0.39 is 35.2 Å². The summed E-state index contributed by atoms with van der Waals surface area (Å²) in [6, 6.07) is 11.5. The summed E-state index contributed by atoms with van der Waals surface area (Å²) < 4.78 is 10.7. The first kappa shape index (κ1) is 27.6. The van der Waals surface area contributed by atoms with Crippen molar-refractivity contribution in [2.45, 2.75) is 39.5 Å². The first-order chi connectivity index (χ1) is 17.6. The average molecular weight is 505 g/mol. The van der Waals surface area contributed by atoms with Crippen molar-refractivity contribution in [1.82, 2.24) is 0 Å². The molecule has 2 aromatic carbocycles. The van der Waals surface area contributed by atoms with Gasteiger partial charge in [0.15, 0.2) is 5.78 Å². The number of ketones is 1. The molecular formula is C30H32O7. The number of hydrogen-bond acceptors (Lipinski definition) is 6. The third-order valence-electron chi connectivity index (χ3n) is 7.00. The van der Waals surface area contributed by atoms with Crippen molar-refractivity contribution in [2.75, 3.05) is 13.2 Å². The van der Waals surface area contributed by atoms with Crippen LogP contribution in [0.5, 0.6) is 0 Å². The summed E-state index contributed by atoms with van der Waals surface area (Å²) in [7, 11) is 0. The Hall–Kier alpha value is -4.00. The molecule has 0 saturated carbocycles. The molecule has 0 aliphatic heterocycles. The minimum absolute atomic E-state index is 0.161. The summed E-state index contributed by atoms with van der Waals surface area (Å²) in [4.78, 5) is 50.1. The van der Waals surface area contributed by atoms with E-state index in [1.54, 1.807) is 58.0 Å². The molecule has 1 N–H and O–H groups in total. The van der Waals surface area contributed by atoms with Gasteiger partial charge in [0, 0.05) is 11.0 Å². The van der Waals surface area contributed by atoms with Gasteiger partial charge in [0.05, 0.1) is 30.6 Å². The lowest BCUT2D eigenvalue weighted by Gasteiger charge is -2.44. The molecule has 0 spiro atoms. The van der Waals surface area contributed by atoms with Crippen molar-refractivity contribution < 1.29 is 33.8 Å². The number of rotatable bonds is 10. The molecule has 1 aliphatic rings. The molecule has 0 radical (unpaired) electrons. The zero-order valence-corrected chi connectivity index (χ0v) is 21.5. The third-order valence-corrected chi connectivity index (χ3v) is 7.00. The molecule has 2 atom stereocenters. The van der Waals surface area contributed by atoms with E-state index in [0.29, 0.717) is 17.5 Å². The molecule has 2 unspecified atom stereocenters. The maximum absolute atomic E-state index is 13.1. The highest BCUT2D eigenvalue weighted by Gasteiger charge is 2.51. The van der Waals surface area contributed by atoms with Crippen LogP contribution in [0.25, 0.3) is 12.2 Å². The van der Waals surface area contributed by atoms with Crippen LogP contribution in [0.3, 0.4) is 0 Å². The van der Waals surface area contributed by atoms with E-state index in [9.17, 15) is 19.2 Å². The summed E-state index contributed by atoms with van der Waals surface area (Å²) in [5.41, 5.74) is 1.83. The lowest BCUT2D eigenvalue weighted by Crippen LogP contribution is -2.48. The molecule has 3 rings (SSSR count). The topological polar surface area (TPSA) is 107 Å². The standard InChI is InChI=1S/C30H32O7/c1-5-36-28(34)19(3)30(20(4)29(35)37-6-2)17-7-8-22-14-15-24(18-25(22)30)26(31)16-11-21-9-12-23(13-10-21)27(32)33/h7-16,18-20H,5-6,17H2,1-4H3,(H,32,33)/b16-11+. The van der Waals surface area contributed by atoms with Gasteiger partial charge in [0.1, 0.15) is 0 Å². The van der Waals surface area contributed by atoms with Crippen LogP contribution in [-0.2, 0) is 24.5 Å². The molecule has 0 heterocycles. The highest BCUT2D eigenvalue weighted by Crippen LogP contribution is 2.48. The van der Waals surface area contributed by atoms with E-state index >= 15 is 0 Å². The largest absolute Gasteiger partial charge is 0.478 e. The highest BCUT2D eigenvalue weighted by atomic mass is 16.5. The zero-order chi connectivity index (χ0) is 27.2. The van der Waals surface area contributed by atoms with E-state index in [0.717, 1.165) is 11.1 Å². The Morgan fingerprint density at radius 3 is 2.03 bits per heavy atom. The number of hydrogen-bond donors (Lipinski definition) is 1. The Morgan fingerprint density at radius 2 is 1.49 bits per heavy atom. The summed E-state index contributed by atoms with van der Waals surface area (Å²) in [5.74, 6) is -3.47. The molecule has 0 saturated heterocycles. The van der Waals surface area contributed by atoms with Gasteiger partial charge in [-0.1, -0.05) is 56.3 Å². The number of allylic oxidation sites excluding steroid dienone is 2. The smallest absolute Gasteiger partial charge is 0.335 e. The number of aromatic carboxylic acids is 1. The van der Waals surface area contributed by atoms with Crippen LogP contribution in [-0.4, -0.2) is 42.0 Å². The van der Waals surface area contributed by atoms with Gasteiger partial charge in [-0.3, -0.25) is 14.4 Å². The van der Waals surface area contributed by atoms with Gasteiger partial charge in [-0.2, -0.15) is 0 Å². The quantitative estimate of drug-likeness (QED) is 0.265. The van der Waals surface area contributed by atoms with Crippen molar-refractivity contribution in [3.8, 4) is 0 Å². The maximum atomic E-state index is 13.1. The number of carboxylic acids is 1. The Kier molecular flexibility index (Phi) is 8.81. The molecular weight excluding hydrogens is 472 g/mol. The molecule has 7 heteroatoms. The van der Waals surface area contributed by atoms with E-state index in [-0.39, 0.29) is 24.6 Å². The van der Waals surface area contributed by atoms with Crippen molar-refractivity contribution in [1.29, 1.82) is 0 Å². The Balaban J connectivity index is 2.03. The first-order valence-corrected chi connectivity index (χ1v) is 12.4. The summed E-state index contributed by atoms with van der Waals surface area (Å²) >= 11 is 0. The van der Waals surface area contributed by atoms with Crippen LogP contribution in [0, 0.1) is 11.8 Å². The summed E-state index contributed by atoms with van der Waals surface area (Å²) in [6.45, 7) is 7.41. The molecule has 1 aliphatic carbocycles. The van der Waals surface area contributed by atoms with Crippen LogP contribution in [0.2, 0.25) is 0 Å². The number of benzene rings is 2. The average Bonchev–Trinajstić information content (AvgIpc) is 2.90. The molecule has 0 aromatic heterocycles. The lowest BCUT2D eigenvalue weighted by molar-refractivity contribution is -0.156. The highest BCUT2D eigenvalue weighted by molar-refractivity contribution is 6.07. The number of esters is 2. The van der Waals surface area contributed by atoms with Gasteiger partial charge < -0.3 is 14.6 Å². The number of ether oxygens (including phenoxy) is 2. The molecule has 37 heavy (non-hydrogen) atoms. The number of carboxylic acid groups (broad SMARTS) is 1. The molecule has 7 nitrogen and oxygen atoms in total. The van der Waals surface area contributed by atoms with Crippen molar-refractivity contribution in [3.05, 3.63) is 82.4 Å². The van der Waals surface area contributed by atoms with Crippen LogP contribution in [0.4, 0.5) is 0 Å². The molecule has 2 aromatic rings. The van der Waals surface area contributed by atoms with Crippen molar-refractivity contribution >= 4 is 35.8 Å². The molecule has 0 fully saturated rings. The fraction of sp³-hybridized carbons (Fsp3) is 0.333. The zero-order valence-electron chi connectivity index (χ0n) is 21.5. The van der Waals surface area contributed by atoms with Gasteiger partial charge in [-0.05, 0) is 61.2 Å². The fourth-order valence-electron chi connectivity index (χ4n) is 4.90. The normalized spacial score (nSPS) is 18.1. The SMILES string of the molecule is CCOC(=O)C(C)C1(C(C)C(=O)OCC)CC=Cc2ccc(C(=O)/C=C/c3ccc(C(=O)O)cc3)cc21. The number of carbonyl (C=O) groups excluding carboxylic acids is 3. The second-order valence-corrected chi connectivity index (χ2v) is 9.02. The van der Waals surface area contributed by atoms with E-state index in [2.05, 4.69) is 0 Å². The second-order valence-electron chi connectivity index (χ2n) is 9.02. The maximum Gasteiger partial charge on any atom is 0.335 e. The Bertz CT molecular complexity index is 1210. The number of carbonyl (C=O) groups is 4. The van der Waals surface area contributed by atoms with Crippen molar-refractivity contribution in [2.24, 2.45) is 11.8 Å². The van der Waals surface area contributed by atoms with Gasteiger partial charge in [0.25, 0.3) is 0 Å². The molecule has 0 amide bonds. The minimum Gasteiger partial charge on any atom is -0.478 e. The Labute approximate surface area is 216 Å². The van der Waals surface area contributed by atoms with Crippen LogP contribution in [0.15, 0.2) is 54.6 Å². The molecule has 194 valence electrons. The molecule has 0 bridgehead atoms. The Morgan fingerprint density at radius 1 is 0.919 bits per heavy atom. The predicted octanol–water partition coefficient (Wildman–Crippen LogP) is 5.33. The summed E-state index contributed by atoms with van der Waals surface area (Å²) in [6.07, 6.45) is 7.31. The van der Waals surface area contributed by atoms with Gasteiger partial charge in [-0.15, -0.1) is 0 Å². The summed E-state index contributed by atoms with van der Waals surface area (Å²) in [5, 5.41) is 9.05. The predicted molar refractivity (Wildman–Crippen MR) is 140 cm³/mol. The van der Waals surface area contributed by atoms with Gasteiger partial charge in [0.2, 0.25) is 0 Å². The third kappa shape index (κ3) is 5.71. The van der Waals surface area contributed by atoms with Gasteiger partial charge >= 0.3 is 17.9 Å². The second kappa shape index (κ2) is 11.8. The van der Waals surface area contributed by atoms with Crippen LogP contribution < -0.4 is 0 Å². The van der Waals surface area contributed by atoms with Crippen LogP contribution >= 0.6 is 0 Å². The van der Waals surface area contributed by atoms with Crippen LogP contribution in [0.1, 0.15) is 71.5 Å². The monoisotopic (exact) mass is 504 g/mol. The minimum atomic E-state index is -1.02. The van der Waals surface area contributed by atoms with E-state index in [1.165, 1.54) is 18.2 Å². The first-order valence-electron chi connectivity index (χ1n) is 12.4. The fourth-order valence-corrected chi connectivity index (χ4v) is 4.90.